The molecule has 158 valence electrons. The first-order chi connectivity index (χ1) is 14.4. The van der Waals surface area contributed by atoms with Crippen LogP contribution in [-0.4, -0.2) is 6.61 Å². The summed E-state index contributed by atoms with van der Waals surface area (Å²) in [5.41, 5.74) is 5.62. The molecule has 3 rings (SSSR count). The van der Waals surface area contributed by atoms with Crippen molar-refractivity contribution in [2.45, 2.75) is 33.9 Å². The molecule has 0 aliphatic rings. The molecule has 0 spiro atoms. The molecule has 0 amide bonds. The number of hydrogen-bond acceptors (Lipinski definition) is 3. The summed E-state index contributed by atoms with van der Waals surface area (Å²) in [7, 11) is 0. The molecule has 0 atom stereocenters. The first-order valence-corrected chi connectivity index (χ1v) is 11.5. The number of aryl methyl sites for hydroxylation is 2. The number of benzene rings is 3. The Kier molecular flexibility index (Phi) is 8.14. The summed E-state index contributed by atoms with van der Waals surface area (Å²) in [6.07, 6.45) is 0. The predicted octanol–water partition coefficient (Wildman–Crippen LogP) is 7.80. The first kappa shape index (κ1) is 23.0. The van der Waals surface area contributed by atoms with Crippen molar-refractivity contribution in [3.63, 3.8) is 0 Å². The third-order valence-corrected chi connectivity index (χ3v) is 6.01. The molecule has 1 N–H and O–H groups in total. The highest BCUT2D eigenvalue weighted by atomic mass is 127. The van der Waals surface area contributed by atoms with E-state index in [-0.39, 0.29) is 0 Å². The van der Waals surface area contributed by atoms with Crippen molar-refractivity contribution in [2.24, 2.45) is 0 Å². The van der Waals surface area contributed by atoms with Gasteiger partial charge < -0.3 is 14.8 Å². The van der Waals surface area contributed by atoms with Gasteiger partial charge in [-0.05, 0) is 84.8 Å². The van der Waals surface area contributed by atoms with E-state index in [0.29, 0.717) is 29.8 Å². The fourth-order valence-corrected chi connectivity index (χ4v) is 4.41. The number of hydrogen-bond donors (Lipinski definition) is 1. The van der Waals surface area contributed by atoms with Gasteiger partial charge in [0.05, 0.1) is 10.2 Å². The van der Waals surface area contributed by atoms with E-state index in [1.54, 1.807) is 6.07 Å². The van der Waals surface area contributed by atoms with Gasteiger partial charge in [0.1, 0.15) is 6.61 Å². The highest BCUT2D eigenvalue weighted by Gasteiger charge is 2.14. The Morgan fingerprint density at radius 1 is 0.967 bits per heavy atom. The minimum absolute atomic E-state index is 0.340. The molecule has 0 heterocycles. The molecule has 0 unspecified atom stereocenters. The van der Waals surface area contributed by atoms with Crippen LogP contribution in [0.5, 0.6) is 11.5 Å². The molecule has 0 aliphatic heterocycles. The fraction of sp³-hybridized carbons (Fsp3) is 0.250. The summed E-state index contributed by atoms with van der Waals surface area (Å²) in [4.78, 5) is 0. The van der Waals surface area contributed by atoms with E-state index in [0.717, 1.165) is 31.9 Å². The highest BCUT2D eigenvalue weighted by molar-refractivity contribution is 14.1. The van der Waals surface area contributed by atoms with Crippen molar-refractivity contribution in [3.05, 3.63) is 84.4 Å². The molecular weight excluding hydrogens is 532 g/mol. The van der Waals surface area contributed by atoms with Gasteiger partial charge in [-0.2, -0.15) is 0 Å². The second-order valence-corrected chi connectivity index (χ2v) is 9.04. The highest BCUT2D eigenvalue weighted by Crippen LogP contribution is 2.36. The summed E-state index contributed by atoms with van der Waals surface area (Å²) in [5, 5.41) is 4.71. The third-order valence-electron chi connectivity index (χ3n) is 4.62. The average molecular weight is 556 g/mol. The maximum Gasteiger partial charge on any atom is 0.174 e. The van der Waals surface area contributed by atoms with Gasteiger partial charge in [0.15, 0.2) is 11.5 Å². The number of nitrogens with one attached hydrogen (secondary N) is 1. The van der Waals surface area contributed by atoms with Crippen LogP contribution in [0.25, 0.3) is 0 Å². The van der Waals surface area contributed by atoms with Crippen LogP contribution in [0.15, 0.2) is 48.5 Å². The molecular formula is C24H24Cl2INO2. The van der Waals surface area contributed by atoms with Crippen LogP contribution in [0.1, 0.15) is 29.2 Å². The van der Waals surface area contributed by atoms with Crippen molar-refractivity contribution >= 4 is 51.5 Å². The minimum Gasteiger partial charge on any atom is -0.490 e. The van der Waals surface area contributed by atoms with Crippen molar-refractivity contribution in [1.82, 2.24) is 0 Å². The lowest BCUT2D eigenvalue weighted by atomic mass is 10.1. The molecule has 0 aliphatic carbocycles. The van der Waals surface area contributed by atoms with Crippen LogP contribution in [0, 0.1) is 17.4 Å². The lowest BCUT2D eigenvalue weighted by Gasteiger charge is -2.17. The average Bonchev–Trinajstić information content (AvgIpc) is 2.68. The Hall–Kier alpha value is -1.63. The SMILES string of the molecule is CCOc1cc(CNc2ccc(C)cc2C)cc(I)c1OCc1ccc(Cl)cc1Cl. The molecule has 3 aromatic rings. The van der Waals surface area contributed by atoms with Crippen molar-refractivity contribution in [2.75, 3.05) is 11.9 Å². The van der Waals surface area contributed by atoms with E-state index in [9.17, 15) is 0 Å². The quantitative estimate of drug-likeness (QED) is 0.287. The van der Waals surface area contributed by atoms with Gasteiger partial charge in [0.25, 0.3) is 0 Å². The zero-order valence-electron chi connectivity index (χ0n) is 17.2. The second-order valence-electron chi connectivity index (χ2n) is 7.03. The van der Waals surface area contributed by atoms with Crippen LogP contribution in [0.3, 0.4) is 0 Å². The Morgan fingerprint density at radius 3 is 2.47 bits per heavy atom. The lowest BCUT2D eigenvalue weighted by molar-refractivity contribution is 0.267. The van der Waals surface area contributed by atoms with Crippen molar-refractivity contribution < 1.29 is 9.47 Å². The Morgan fingerprint density at radius 2 is 1.77 bits per heavy atom. The summed E-state index contributed by atoms with van der Waals surface area (Å²) < 4.78 is 13.0. The fourth-order valence-electron chi connectivity index (χ4n) is 3.12. The largest absolute Gasteiger partial charge is 0.490 e. The third kappa shape index (κ3) is 5.96. The van der Waals surface area contributed by atoms with Gasteiger partial charge in [0, 0.05) is 27.8 Å². The smallest absolute Gasteiger partial charge is 0.174 e. The van der Waals surface area contributed by atoms with Gasteiger partial charge >= 0.3 is 0 Å². The van der Waals surface area contributed by atoms with Crippen LogP contribution in [-0.2, 0) is 13.2 Å². The molecule has 0 bridgehead atoms. The number of halogens is 3. The van der Waals surface area contributed by atoms with E-state index in [2.05, 4.69) is 66.0 Å². The van der Waals surface area contributed by atoms with E-state index < -0.39 is 0 Å². The number of anilines is 1. The summed E-state index contributed by atoms with van der Waals surface area (Å²) in [6, 6.07) is 16.0. The van der Waals surface area contributed by atoms with Gasteiger partial charge in [-0.3, -0.25) is 0 Å². The zero-order valence-corrected chi connectivity index (χ0v) is 20.9. The summed E-state index contributed by atoms with van der Waals surface area (Å²) >= 11 is 14.5. The summed E-state index contributed by atoms with van der Waals surface area (Å²) in [5.74, 6) is 1.45. The number of ether oxygens (including phenoxy) is 2. The lowest BCUT2D eigenvalue weighted by Crippen LogP contribution is -2.05. The van der Waals surface area contributed by atoms with Crippen molar-refractivity contribution in [1.29, 1.82) is 0 Å². The molecule has 3 nitrogen and oxygen atoms in total. The van der Waals surface area contributed by atoms with Gasteiger partial charge in [-0.25, -0.2) is 0 Å². The number of rotatable bonds is 8. The first-order valence-electron chi connectivity index (χ1n) is 9.70. The summed E-state index contributed by atoms with van der Waals surface area (Å²) in [6.45, 7) is 7.78. The molecule has 0 saturated heterocycles. The van der Waals surface area contributed by atoms with Crippen LogP contribution in [0.4, 0.5) is 5.69 Å². The van der Waals surface area contributed by atoms with Gasteiger partial charge in [0.2, 0.25) is 0 Å². The van der Waals surface area contributed by atoms with Gasteiger partial charge in [-0.1, -0.05) is 47.0 Å². The Labute approximate surface area is 201 Å². The normalized spacial score (nSPS) is 10.7. The maximum absolute atomic E-state index is 6.28. The standard InChI is InChI=1S/C24H24Cl2INO2/c1-4-29-23-11-17(13-28-22-8-5-15(2)9-16(22)3)10-21(27)24(23)30-14-18-6-7-19(25)12-20(18)26/h5-12,28H,4,13-14H2,1-3H3. The molecule has 30 heavy (non-hydrogen) atoms. The molecule has 0 radical (unpaired) electrons. The van der Waals surface area contributed by atoms with Crippen molar-refractivity contribution in [3.8, 4) is 11.5 Å². The topological polar surface area (TPSA) is 30.5 Å². The van der Waals surface area contributed by atoms with Gasteiger partial charge in [-0.15, -0.1) is 0 Å². The molecule has 0 saturated carbocycles. The predicted molar refractivity (Wildman–Crippen MR) is 134 cm³/mol. The second kappa shape index (κ2) is 10.6. The molecule has 0 aromatic heterocycles. The maximum atomic E-state index is 6.28. The molecule has 6 heteroatoms. The van der Waals surface area contributed by atoms with E-state index in [4.69, 9.17) is 32.7 Å². The van der Waals surface area contributed by atoms with Crippen LogP contribution < -0.4 is 14.8 Å². The van der Waals surface area contributed by atoms with E-state index in [1.165, 1.54) is 11.1 Å². The Bertz CT molecular complexity index is 1040. The van der Waals surface area contributed by atoms with Crippen LogP contribution in [0.2, 0.25) is 10.0 Å². The molecule has 0 fully saturated rings. The zero-order chi connectivity index (χ0) is 21.7. The molecule has 3 aromatic carbocycles. The van der Waals surface area contributed by atoms with E-state index >= 15 is 0 Å². The van der Waals surface area contributed by atoms with E-state index in [1.807, 2.05) is 25.1 Å². The monoisotopic (exact) mass is 555 g/mol. The van der Waals surface area contributed by atoms with Crippen LogP contribution >= 0.6 is 45.8 Å². The minimum atomic E-state index is 0.340. The Balaban J connectivity index is 1.77.